The van der Waals surface area contributed by atoms with Crippen LogP contribution in [-0.2, 0) is 6.18 Å². The van der Waals surface area contributed by atoms with Crippen LogP contribution in [-0.4, -0.2) is 11.1 Å². The van der Waals surface area contributed by atoms with E-state index in [0.717, 1.165) is 18.2 Å². The monoisotopic (exact) mass is 400 g/mol. The van der Waals surface area contributed by atoms with Gasteiger partial charge in [0.25, 0.3) is 5.91 Å². The largest absolute Gasteiger partial charge is 0.416 e. The molecule has 0 bridgehead atoms. The third-order valence-corrected chi connectivity index (χ3v) is 3.96. The standard InChI is InChI=1S/C17H9Cl2F3N2O2/c18-11-3-1-2-9(6-11)15-8-14(24-26-15)16(25)23-13-7-10(17(20,21)22)4-5-12(13)19/h1-8H,(H,23,25). The van der Waals surface area contributed by atoms with Crippen molar-refractivity contribution < 1.29 is 22.5 Å². The van der Waals surface area contributed by atoms with Gasteiger partial charge in [-0.2, -0.15) is 13.2 Å². The molecule has 0 saturated heterocycles. The fourth-order valence-corrected chi connectivity index (χ4v) is 2.50. The lowest BCUT2D eigenvalue weighted by molar-refractivity contribution is -0.137. The maximum atomic E-state index is 12.8. The van der Waals surface area contributed by atoms with Crippen LogP contribution in [0.2, 0.25) is 10.0 Å². The molecule has 0 aliphatic heterocycles. The van der Waals surface area contributed by atoms with E-state index in [4.69, 9.17) is 27.7 Å². The second kappa shape index (κ2) is 7.01. The molecule has 134 valence electrons. The lowest BCUT2D eigenvalue weighted by Crippen LogP contribution is -2.14. The summed E-state index contributed by atoms with van der Waals surface area (Å²) < 4.78 is 43.5. The number of carbonyl (C=O) groups is 1. The minimum absolute atomic E-state index is 0.0371. The van der Waals surface area contributed by atoms with E-state index >= 15 is 0 Å². The lowest BCUT2D eigenvalue weighted by Gasteiger charge is -2.10. The van der Waals surface area contributed by atoms with Crippen LogP contribution < -0.4 is 5.32 Å². The molecule has 9 heteroatoms. The van der Waals surface area contributed by atoms with Crippen molar-refractivity contribution in [3.05, 3.63) is 69.8 Å². The number of amides is 1. The summed E-state index contributed by atoms with van der Waals surface area (Å²) in [5.41, 5.74) is -0.634. The maximum absolute atomic E-state index is 12.8. The minimum Gasteiger partial charge on any atom is -0.355 e. The summed E-state index contributed by atoms with van der Waals surface area (Å²) in [5, 5.41) is 6.36. The highest BCUT2D eigenvalue weighted by atomic mass is 35.5. The Morgan fingerprint density at radius 1 is 1.08 bits per heavy atom. The Kier molecular flexibility index (Phi) is 4.93. The topological polar surface area (TPSA) is 55.1 Å². The highest BCUT2D eigenvalue weighted by Gasteiger charge is 2.31. The quantitative estimate of drug-likeness (QED) is 0.593. The van der Waals surface area contributed by atoms with E-state index < -0.39 is 17.6 Å². The summed E-state index contributed by atoms with van der Waals surface area (Å²) in [6.45, 7) is 0. The predicted octanol–water partition coefficient (Wildman–Crippen LogP) is 5.92. The first-order valence-corrected chi connectivity index (χ1v) is 7.90. The Bertz CT molecular complexity index is 971. The molecule has 3 rings (SSSR count). The predicted molar refractivity (Wildman–Crippen MR) is 91.4 cm³/mol. The second-order valence-corrected chi connectivity index (χ2v) is 6.08. The zero-order valence-electron chi connectivity index (χ0n) is 12.8. The van der Waals surface area contributed by atoms with E-state index in [1.165, 1.54) is 6.07 Å². The number of nitrogens with zero attached hydrogens (tertiary/aromatic N) is 1. The van der Waals surface area contributed by atoms with Gasteiger partial charge >= 0.3 is 6.18 Å². The summed E-state index contributed by atoms with van der Waals surface area (Å²) in [4.78, 5) is 12.2. The van der Waals surface area contributed by atoms with Crippen LogP contribution in [0, 0.1) is 0 Å². The summed E-state index contributed by atoms with van der Waals surface area (Å²) in [7, 11) is 0. The van der Waals surface area contributed by atoms with Gasteiger partial charge in [0, 0.05) is 16.7 Å². The van der Waals surface area contributed by atoms with E-state index in [-0.39, 0.29) is 22.2 Å². The zero-order chi connectivity index (χ0) is 18.9. The highest BCUT2D eigenvalue weighted by molar-refractivity contribution is 6.34. The molecule has 1 aromatic heterocycles. The van der Waals surface area contributed by atoms with Crippen LogP contribution in [0.3, 0.4) is 0 Å². The normalized spacial score (nSPS) is 11.4. The number of benzene rings is 2. The molecule has 0 aliphatic carbocycles. The Morgan fingerprint density at radius 2 is 1.85 bits per heavy atom. The van der Waals surface area contributed by atoms with Gasteiger partial charge in [-0.05, 0) is 30.3 Å². The van der Waals surface area contributed by atoms with E-state index in [1.54, 1.807) is 24.3 Å². The summed E-state index contributed by atoms with van der Waals surface area (Å²) >= 11 is 11.7. The average Bonchev–Trinajstić information content (AvgIpc) is 3.06. The number of halogens is 5. The molecule has 1 heterocycles. The van der Waals surface area contributed by atoms with Gasteiger partial charge in [-0.15, -0.1) is 0 Å². The van der Waals surface area contributed by atoms with Crippen molar-refractivity contribution in [3.63, 3.8) is 0 Å². The molecule has 0 atom stereocenters. The van der Waals surface area contributed by atoms with Crippen molar-refractivity contribution in [2.45, 2.75) is 6.18 Å². The van der Waals surface area contributed by atoms with E-state index in [2.05, 4.69) is 10.5 Å². The molecule has 1 amide bonds. The minimum atomic E-state index is -4.56. The molecule has 2 aromatic carbocycles. The van der Waals surface area contributed by atoms with Crippen LogP contribution >= 0.6 is 23.2 Å². The van der Waals surface area contributed by atoms with Crippen LogP contribution in [0.25, 0.3) is 11.3 Å². The molecular weight excluding hydrogens is 392 g/mol. The summed E-state index contributed by atoms with van der Waals surface area (Å²) in [6, 6.07) is 10.7. The fourth-order valence-electron chi connectivity index (χ4n) is 2.14. The SMILES string of the molecule is O=C(Nc1cc(C(F)(F)F)ccc1Cl)c1cc(-c2cccc(Cl)c2)on1. The number of carbonyl (C=O) groups excluding carboxylic acids is 1. The first-order valence-electron chi connectivity index (χ1n) is 7.15. The Labute approximate surface area is 155 Å². The van der Waals surface area contributed by atoms with Crippen molar-refractivity contribution in [1.82, 2.24) is 5.16 Å². The van der Waals surface area contributed by atoms with Crippen LogP contribution in [0.4, 0.5) is 18.9 Å². The van der Waals surface area contributed by atoms with Gasteiger partial charge in [-0.3, -0.25) is 4.79 Å². The number of hydrogen-bond donors (Lipinski definition) is 1. The Balaban J connectivity index is 1.83. The summed E-state index contributed by atoms with van der Waals surface area (Å²) in [6.07, 6.45) is -4.56. The molecule has 1 N–H and O–H groups in total. The van der Waals surface area contributed by atoms with Crippen molar-refractivity contribution in [2.24, 2.45) is 0 Å². The molecule has 0 radical (unpaired) electrons. The van der Waals surface area contributed by atoms with Gasteiger partial charge in [-0.1, -0.05) is 40.5 Å². The number of alkyl halides is 3. The molecule has 0 fully saturated rings. The van der Waals surface area contributed by atoms with Crippen LogP contribution in [0.1, 0.15) is 16.1 Å². The first-order chi connectivity index (χ1) is 12.2. The highest BCUT2D eigenvalue weighted by Crippen LogP contribution is 2.34. The van der Waals surface area contributed by atoms with Crippen molar-refractivity contribution in [3.8, 4) is 11.3 Å². The smallest absolute Gasteiger partial charge is 0.355 e. The molecule has 4 nitrogen and oxygen atoms in total. The van der Waals surface area contributed by atoms with E-state index in [1.807, 2.05) is 0 Å². The number of rotatable bonds is 3. The van der Waals surface area contributed by atoms with Crippen LogP contribution in [0.5, 0.6) is 0 Å². The Hall–Kier alpha value is -2.51. The summed E-state index contributed by atoms with van der Waals surface area (Å²) in [5.74, 6) is -0.476. The van der Waals surface area contributed by atoms with E-state index in [0.29, 0.717) is 10.6 Å². The molecule has 3 aromatic rings. The fraction of sp³-hybridized carbons (Fsp3) is 0.0588. The van der Waals surface area contributed by atoms with Gasteiger partial charge in [0.05, 0.1) is 16.3 Å². The lowest BCUT2D eigenvalue weighted by atomic mass is 10.1. The van der Waals surface area contributed by atoms with Gasteiger partial charge in [-0.25, -0.2) is 0 Å². The molecule has 0 aliphatic rings. The van der Waals surface area contributed by atoms with Crippen molar-refractivity contribution >= 4 is 34.8 Å². The molecule has 0 spiro atoms. The number of anilines is 1. The second-order valence-electron chi connectivity index (χ2n) is 5.23. The average molecular weight is 401 g/mol. The van der Waals surface area contributed by atoms with Gasteiger partial charge in [0.15, 0.2) is 11.5 Å². The van der Waals surface area contributed by atoms with Crippen molar-refractivity contribution in [2.75, 3.05) is 5.32 Å². The van der Waals surface area contributed by atoms with Crippen molar-refractivity contribution in [1.29, 1.82) is 0 Å². The third-order valence-electron chi connectivity index (χ3n) is 3.39. The maximum Gasteiger partial charge on any atom is 0.416 e. The van der Waals surface area contributed by atoms with Gasteiger partial charge in [0.2, 0.25) is 0 Å². The molecular formula is C17H9Cl2F3N2O2. The number of hydrogen-bond acceptors (Lipinski definition) is 3. The van der Waals surface area contributed by atoms with E-state index in [9.17, 15) is 18.0 Å². The third kappa shape index (κ3) is 4.00. The molecule has 26 heavy (non-hydrogen) atoms. The molecule has 0 unspecified atom stereocenters. The molecule has 0 saturated carbocycles. The first kappa shape index (κ1) is 18.3. The number of aromatic nitrogens is 1. The number of nitrogens with one attached hydrogen (secondary N) is 1. The zero-order valence-corrected chi connectivity index (χ0v) is 14.3. The van der Waals surface area contributed by atoms with Gasteiger partial charge in [0.1, 0.15) is 0 Å². The van der Waals surface area contributed by atoms with Crippen LogP contribution in [0.15, 0.2) is 53.1 Å². The Morgan fingerprint density at radius 3 is 2.54 bits per heavy atom. The van der Waals surface area contributed by atoms with Gasteiger partial charge < -0.3 is 9.84 Å².